The first-order valence-electron chi connectivity index (χ1n) is 20.6. The second kappa shape index (κ2) is 24.9. The zero-order valence-corrected chi connectivity index (χ0v) is 34.8. The molecule has 7 nitrogen and oxygen atoms in total. The first kappa shape index (κ1) is 46.7. The molecule has 0 aromatic carbocycles. The lowest BCUT2D eigenvalue weighted by molar-refractivity contribution is -0.255. The van der Waals surface area contributed by atoms with Crippen LogP contribution in [0.2, 0.25) is 0 Å². The van der Waals surface area contributed by atoms with Crippen molar-refractivity contribution < 1.29 is 33.7 Å². The van der Waals surface area contributed by atoms with Crippen LogP contribution in [0.15, 0.2) is 59.3 Å². The van der Waals surface area contributed by atoms with E-state index in [-0.39, 0.29) is 35.3 Å². The number of hydrogen-bond acceptors (Lipinski definition) is 7. The molecule has 2 rings (SSSR count). The molecule has 1 saturated carbocycles. The summed E-state index contributed by atoms with van der Waals surface area (Å²) in [6.07, 6.45) is 27.8. The summed E-state index contributed by atoms with van der Waals surface area (Å²) in [5.41, 5.74) is 2.62. The van der Waals surface area contributed by atoms with Gasteiger partial charge in [-0.1, -0.05) is 94.2 Å². The summed E-state index contributed by atoms with van der Waals surface area (Å²) in [6.45, 7) is 13.7. The van der Waals surface area contributed by atoms with Crippen LogP contribution in [0.1, 0.15) is 151 Å². The highest BCUT2D eigenvalue weighted by Crippen LogP contribution is 2.39. The van der Waals surface area contributed by atoms with Crippen LogP contribution in [-0.2, 0) is 28.6 Å². The molecule has 7 heteroatoms. The zero-order chi connectivity index (χ0) is 39.4. The van der Waals surface area contributed by atoms with Crippen molar-refractivity contribution in [3.8, 4) is 0 Å². The summed E-state index contributed by atoms with van der Waals surface area (Å²) in [6, 6.07) is 0. The summed E-state index contributed by atoms with van der Waals surface area (Å²) >= 11 is 0. The molecule has 8 atom stereocenters. The summed E-state index contributed by atoms with van der Waals surface area (Å²) < 4.78 is 17.4. The van der Waals surface area contributed by atoms with Gasteiger partial charge in [0.1, 0.15) is 11.9 Å². The third-order valence-electron chi connectivity index (χ3n) is 11.5. The Morgan fingerprint density at radius 2 is 1.70 bits per heavy atom. The minimum absolute atomic E-state index is 0.0973. The van der Waals surface area contributed by atoms with Crippen molar-refractivity contribution in [3.05, 3.63) is 59.3 Å². The summed E-state index contributed by atoms with van der Waals surface area (Å²) in [5, 5.41) is 11.3. The number of aliphatic hydroxyl groups is 1. The Balaban J connectivity index is 1.70. The van der Waals surface area contributed by atoms with Gasteiger partial charge in [-0.05, 0) is 103 Å². The second-order valence-corrected chi connectivity index (χ2v) is 16.2. The van der Waals surface area contributed by atoms with E-state index in [1.54, 1.807) is 13.2 Å². The average Bonchev–Trinajstić information content (AvgIpc) is 3.13. The number of carbonyl (C=O) groups is 3. The van der Waals surface area contributed by atoms with Crippen LogP contribution >= 0.6 is 0 Å². The predicted octanol–water partition coefficient (Wildman–Crippen LogP) is 10.6. The molecule has 1 aliphatic carbocycles. The average molecular weight is 739 g/mol. The van der Waals surface area contributed by atoms with Crippen LogP contribution in [0.25, 0.3) is 0 Å². The van der Waals surface area contributed by atoms with Crippen molar-refractivity contribution in [2.24, 2.45) is 23.7 Å². The van der Waals surface area contributed by atoms with E-state index in [0.717, 1.165) is 56.9 Å². The van der Waals surface area contributed by atoms with Crippen LogP contribution in [0.5, 0.6) is 0 Å². The molecule has 1 heterocycles. The van der Waals surface area contributed by atoms with E-state index >= 15 is 0 Å². The quantitative estimate of drug-likeness (QED) is 0.0598. The summed E-state index contributed by atoms with van der Waals surface area (Å²) in [5.74, 6) is -0.283. The van der Waals surface area contributed by atoms with Gasteiger partial charge in [0, 0.05) is 50.9 Å². The van der Waals surface area contributed by atoms with Gasteiger partial charge in [0.15, 0.2) is 17.4 Å². The lowest BCUT2D eigenvalue weighted by Crippen LogP contribution is -2.49. The molecule has 2 fully saturated rings. The maximum Gasteiger partial charge on any atom is 0.198 e. The van der Waals surface area contributed by atoms with Gasteiger partial charge >= 0.3 is 0 Å². The highest BCUT2D eigenvalue weighted by molar-refractivity contribution is 5.95. The number of ketones is 3. The van der Waals surface area contributed by atoms with E-state index in [4.69, 9.17) is 14.2 Å². The van der Waals surface area contributed by atoms with Crippen LogP contribution < -0.4 is 0 Å². The summed E-state index contributed by atoms with van der Waals surface area (Å²) in [7, 11) is 3.41. The molecule has 0 aromatic rings. The smallest absolute Gasteiger partial charge is 0.198 e. The van der Waals surface area contributed by atoms with E-state index < -0.39 is 11.9 Å². The standard InChI is InChI=1S/C46H74O7/c1-10-17-43(38(7)47)46(50)37(6)25-29-41(53-46)28-24-33(2)18-14-12-11-13-15-19-36(5)45(49)44(52-9)31-35(4)23-27-40(48)26-22-34(3)30-39-20-16-21-42(32-39)51-8/h11-14,17-18,23,34,36-37,39,41-42,44,50H,10,15-16,19-22,24-32H2,1-9H3/b13-11+,14-12+,33-18+,35-23+,43-17-/t34-,36+,37?,39?,41?,42?,44+,46?/m0/s1. The third kappa shape index (κ3) is 16.8. The maximum atomic E-state index is 13.2. The van der Waals surface area contributed by atoms with Crippen LogP contribution in [-0.4, -0.2) is 60.8 Å². The van der Waals surface area contributed by atoms with Gasteiger partial charge in [0.2, 0.25) is 0 Å². The molecule has 1 N–H and O–H groups in total. The van der Waals surface area contributed by atoms with Gasteiger partial charge in [0.05, 0.1) is 12.2 Å². The second-order valence-electron chi connectivity index (χ2n) is 16.2. The van der Waals surface area contributed by atoms with E-state index in [1.807, 2.05) is 59.1 Å². The Morgan fingerprint density at radius 1 is 0.943 bits per heavy atom. The van der Waals surface area contributed by atoms with E-state index in [1.165, 1.54) is 38.2 Å². The van der Waals surface area contributed by atoms with Crippen molar-refractivity contribution >= 4 is 17.3 Å². The van der Waals surface area contributed by atoms with Gasteiger partial charge in [0.25, 0.3) is 0 Å². The summed E-state index contributed by atoms with van der Waals surface area (Å²) in [4.78, 5) is 38.1. The van der Waals surface area contributed by atoms with Gasteiger partial charge in [-0.25, -0.2) is 0 Å². The van der Waals surface area contributed by atoms with E-state index in [2.05, 4.69) is 26.0 Å². The van der Waals surface area contributed by atoms with Crippen molar-refractivity contribution in [1.82, 2.24) is 0 Å². The molecule has 0 aromatic heterocycles. The number of Topliss-reactive ketones (excluding diaryl/α,β-unsaturated/α-hetero) is 3. The number of carbonyl (C=O) groups excluding carboxylic acids is 3. The van der Waals surface area contributed by atoms with Crippen molar-refractivity contribution in [3.63, 3.8) is 0 Å². The van der Waals surface area contributed by atoms with Crippen LogP contribution in [0.4, 0.5) is 0 Å². The first-order chi connectivity index (χ1) is 25.2. The molecule has 0 spiro atoms. The highest BCUT2D eigenvalue weighted by Gasteiger charge is 2.45. The Hall–Kier alpha value is -2.45. The molecular weight excluding hydrogens is 664 g/mol. The van der Waals surface area contributed by atoms with Crippen molar-refractivity contribution in [2.75, 3.05) is 14.2 Å². The lowest BCUT2D eigenvalue weighted by atomic mass is 9.80. The largest absolute Gasteiger partial charge is 0.381 e. The molecule has 5 unspecified atom stereocenters. The molecule has 300 valence electrons. The lowest BCUT2D eigenvalue weighted by Gasteiger charge is -2.43. The SMILES string of the molecule is CC/C=C(/C(C)=O)C1(O)OC(CC/C(C)=C/C=C/C=C/CC[C@@H](C)C(=O)[C@@H](C/C(C)=C/CC(=O)CC[C@H](C)CC2CCCC(OC)C2)OC)CCC1C. The maximum absolute atomic E-state index is 13.2. The topological polar surface area (TPSA) is 99.1 Å². The molecule has 1 saturated heterocycles. The molecule has 2 aliphatic rings. The van der Waals surface area contributed by atoms with Crippen molar-refractivity contribution in [1.29, 1.82) is 0 Å². The number of methoxy groups -OCH3 is 2. The monoisotopic (exact) mass is 739 g/mol. The van der Waals surface area contributed by atoms with Gasteiger partial charge in [-0.3, -0.25) is 14.4 Å². The molecular formula is C46H74O7. The first-order valence-corrected chi connectivity index (χ1v) is 20.6. The Morgan fingerprint density at radius 3 is 2.38 bits per heavy atom. The Bertz CT molecular complexity index is 1290. The molecule has 1 aliphatic heterocycles. The normalized spacial score (nSPS) is 26.6. The van der Waals surface area contributed by atoms with Gasteiger partial charge < -0.3 is 19.3 Å². The Labute approximate surface area is 322 Å². The zero-order valence-electron chi connectivity index (χ0n) is 34.8. The van der Waals surface area contributed by atoms with Crippen LogP contribution in [0, 0.1) is 23.7 Å². The number of ether oxygens (including phenoxy) is 3. The minimum atomic E-state index is -1.51. The third-order valence-corrected chi connectivity index (χ3v) is 11.5. The van der Waals surface area contributed by atoms with Gasteiger partial charge in [-0.2, -0.15) is 0 Å². The van der Waals surface area contributed by atoms with E-state index in [9.17, 15) is 19.5 Å². The number of rotatable bonds is 24. The molecule has 0 amide bonds. The molecule has 53 heavy (non-hydrogen) atoms. The minimum Gasteiger partial charge on any atom is -0.381 e. The van der Waals surface area contributed by atoms with E-state index in [0.29, 0.717) is 49.2 Å². The van der Waals surface area contributed by atoms with Gasteiger partial charge in [-0.15, -0.1) is 0 Å². The Kier molecular flexibility index (Phi) is 21.9. The fourth-order valence-corrected chi connectivity index (χ4v) is 7.91. The fourth-order valence-electron chi connectivity index (χ4n) is 7.91. The number of hydrogen-bond donors (Lipinski definition) is 1. The van der Waals surface area contributed by atoms with Crippen molar-refractivity contribution in [2.45, 2.75) is 175 Å². The molecule has 0 bridgehead atoms. The number of allylic oxidation sites excluding steroid dienone is 8. The van der Waals surface area contributed by atoms with Crippen LogP contribution in [0.3, 0.4) is 0 Å². The highest BCUT2D eigenvalue weighted by atomic mass is 16.6. The predicted molar refractivity (Wildman–Crippen MR) is 217 cm³/mol. The fraction of sp³-hybridized carbons (Fsp3) is 0.717. The molecule has 0 radical (unpaired) electrons.